The number of rotatable bonds is 3. The topological polar surface area (TPSA) is 75.9 Å². The summed E-state index contributed by atoms with van der Waals surface area (Å²) in [5, 5.41) is 3.41. The van der Waals surface area contributed by atoms with Gasteiger partial charge in [0.05, 0.1) is 4.47 Å². The lowest BCUT2D eigenvalue weighted by Gasteiger charge is -2.33. The molecule has 0 saturated carbocycles. The van der Waals surface area contributed by atoms with Crippen molar-refractivity contribution in [1.29, 1.82) is 0 Å². The molecule has 116 valence electrons. The molecule has 0 unspecified atom stereocenters. The van der Waals surface area contributed by atoms with Crippen molar-refractivity contribution >= 4 is 27.6 Å². The highest BCUT2D eigenvalue weighted by molar-refractivity contribution is 9.10. The lowest BCUT2D eigenvalue weighted by molar-refractivity contribution is 0.522. The summed E-state index contributed by atoms with van der Waals surface area (Å²) >= 11 is 3.44. The predicted octanol–water partition coefficient (Wildman–Crippen LogP) is 1.41. The molecule has 0 amide bonds. The lowest BCUT2D eigenvalue weighted by atomic mass is 10.1. The zero-order chi connectivity index (χ0) is 15.5. The molecule has 1 aliphatic heterocycles. The fraction of sp³-hybridized carbons (Fsp3) is 0.429. The maximum atomic E-state index is 12.2. The minimum absolute atomic E-state index is 0.0635. The van der Waals surface area contributed by atoms with Crippen molar-refractivity contribution in [2.75, 3.05) is 23.3 Å². The number of piperidine rings is 1. The molecule has 1 aliphatic rings. The lowest BCUT2D eigenvalue weighted by Crippen LogP contribution is -2.45. The number of nitrogens with zero attached hydrogens (tertiary/aromatic N) is 5. The molecule has 1 atom stereocenters. The second-order valence-corrected chi connectivity index (χ2v) is 6.17. The molecule has 1 fully saturated rings. The van der Waals surface area contributed by atoms with Crippen LogP contribution in [0.5, 0.6) is 0 Å². The van der Waals surface area contributed by atoms with Crippen LogP contribution in [0.3, 0.4) is 0 Å². The number of halogens is 1. The van der Waals surface area contributed by atoms with Gasteiger partial charge in [-0.1, -0.05) is 0 Å². The third-order valence-corrected chi connectivity index (χ3v) is 4.31. The van der Waals surface area contributed by atoms with Crippen molar-refractivity contribution in [2.24, 2.45) is 7.05 Å². The van der Waals surface area contributed by atoms with Gasteiger partial charge in [-0.05, 0) is 28.8 Å². The first-order valence-electron chi connectivity index (χ1n) is 7.14. The Hall–Kier alpha value is -1.96. The molecule has 0 aliphatic carbocycles. The van der Waals surface area contributed by atoms with Crippen molar-refractivity contribution < 1.29 is 0 Å². The van der Waals surface area contributed by atoms with E-state index < -0.39 is 0 Å². The summed E-state index contributed by atoms with van der Waals surface area (Å²) in [6.45, 7) is 1.57. The molecule has 2 aromatic heterocycles. The highest BCUT2D eigenvalue weighted by Crippen LogP contribution is 2.22. The van der Waals surface area contributed by atoms with Gasteiger partial charge in [0.1, 0.15) is 12.1 Å². The average Bonchev–Trinajstić information content (AvgIpc) is 2.53. The molecule has 1 N–H and O–H groups in total. The molecule has 1 saturated heterocycles. The van der Waals surface area contributed by atoms with Crippen LogP contribution in [0.1, 0.15) is 12.8 Å². The van der Waals surface area contributed by atoms with Crippen molar-refractivity contribution in [3.8, 4) is 0 Å². The van der Waals surface area contributed by atoms with E-state index in [0.717, 1.165) is 36.2 Å². The Morgan fingerprint density at radius 1 is 1.41 bits per heavy atom. The molecule has 3 heterocycles. The van der Waals surface area contributed by atoms with Crippen LogP contribution in [-0.2, 0) is 7.05 Å². The molecular weight excluding hydrogens is 348 g/mol. The minimum atomic E-state index is -0.0635. The minimum Gasteiger partial charge on any atom is -0.365 e. The van der Waals surface area contributed by atoms with Gasteiger partial charge in [-0.25, -0.2) is 15.0 Å². The molecule has 22 heavy (non-hydrogen) atoms. The van der Waals surface area contributed by atoms with Crippen LogP contribution in [0.2, 0.25) is 0 Å². The number of nitrogens with one attached hydrogen (secondary N) is 1. The van der Waals surface area contributed by atoms with Crippen LogP contribution in [-0.4, -0.2) is 38.7 Å². The highest BCUT2D eigenvalue weighted by Gasteiger charge is 2.23. The van der Waals surface area contributed by atoms with E-state index in [1.54, 1.807) is 30.2 Å². The maximum absolute atomic E-state index is 12.2. The van der Waals surface area contributed by atoms with E-state index in [-0.39, 0.29) is 11.6 Å². The first-order valence-corrected chi connectivity index (χ1v) is 7.93. The molecule has 7 nitrogen and oxygen atoms in total. The van der Waals surface area contributed by atoms with E-state index in [1.165, 1.54) is 6.33 Å². The number of hydrogen-bond donors (Lipinski definition) is 1. The van der Waals surface area contributed by atoms with Gasteiger partial charge in [-0.15, -0.1) is 0 Å². The van der Waals surface area contributed by atoms with Gasteiger partial charge in [0, 0.05) is 44.8 Å². The molecule has 3 rings (SSSR count). The van der Waals surface area contributed by atoms with E-state index in [9.17, 15) is 4.79 Å². The van der Waals surface area contributed by atoms with Crippen LogP contribution in [0, 0.1) is 0 Å². The molecule has 2 aromatic rings. The van der Waals surface area contributed by atoms with E-state index in [1.807, 2.05) is 4.90 Å². The number of aromatic nitrogens is 4. The standard InChI is InChI=1S/C14H17BrN6O/c1-20-6-4-17-13(14(20)22)21-5-2-3-10(8-21)19-12-11(15)7-16-9-18-12/h4,6-7,9-10H,2-3,5,8H2,1H3,(H,16,18,19)/t10-/m0/s1. The van der Waals surface area contributed by atoms with Crippen LogP contribution < -0.4 is 15.8 Å². The van der Waals surface area contributed by atoms with Gasteiger partial charge < -0.3 is 14.8 Å². The number of aryl methyl sites for hydroxylation is 1. The fourth-order valence-corrected chi connectivity index (χ4v) is 2.94. The van der Waals surface area contributed by atoms with Gasteiger partial charge in [0.2, 0.25) is 0 Å². The Bertz CT molecular complexity index is 718. The average molecular weight is 365 g/mol. The van der Waals surface area contributed by atoms with E-state index >= 15 is 0 Å². The molecule has 0 bridgehead atoms. The molecule has 0 spiro atoms. The Morgan fingerprint density at radius 2 is 2.27 bits per heavy atom. The molecule has 0 radical (unpaired) electrons. The third kappa shape index (κ3) is 3.11. The third-order valence-electron chi connectivity index (χ3n) is 3.73. The van der Waals surface area contributed by atoms with Gasteiger partial charge in [0.25, 0.3) is 5.56 Å². The first-order chi connectivity index (χ1) is 10.6. The van der Waals surface area contributed by atoms with Crippen LogP contribution >= 0.6 is 15.9 Å². The normalized spacial score (nSPS) is 18.3. The summed E-state index contributed by atoms with van der Waals surface area (Å²) in [5.41, 5.74) is -0.0635. The summed E-state index contributed by atoms with van der Waals surface area (Å²) in [5.74, 6) is 1.29. The van der Waals surface area contributed by atoms with Gasteiger partial charge >= 0.3 is 0 Å². The highest BCUT2D eigenvalue weighted by atomic mass is 79.9. The van der Waals surface area contributed by atoms with Crippen LogP contribution in [0.4, 0.5) is 11.6 Å². The van der Waals surface area contributed by atoms with Crippen molar-refractivity contribution in [1.82, 2.24) is 19.5 Å². The van der Waals surface area contributed by atoms with Crippen molar-refractivity contribution in [2.45, 2.75) is 18.9 Å². The van der Waals surface area contributed by atoms with E-state index in [2.05, 4.69) is 36.2 Å². The fourth-order valence-electron chi connectivity index (χ4n) is 2.60. The molecule has 0 aromatic carbocycles. The maximum Gasteiger partial charge on any atom is 0.293 e. The zero-order valence-electron chi connectivity index (χ0n) is 12.2. The van der Waals surface area contributed by atoms with Crippen LogP contribution in [0.25, 0.3) is 0 Å². The van der Waals surface area contributed by atoms with E-state index in [4.69, 9.17) is 0 Å². The van der Waals surface area contributed by atoms with Gasteiger partial charge in [-0.2, -0.15) is 0 Å². The second kappa shape index (κ2) is 6.43. The summed E-state index contributed by atoms with van der Waals surface area (Å²) < 4.78 is 2.39. The summed E-state index contributed by atoms with van der Waals surface area (Å²) in [6.07, 6.45) is 8.59. The SMILES string of the molecule is Cn1ccnc(N2CCC[C@H](Nc3ncncc3Br)C2)c1=O. The predicted molar refractivity (Wildman–Crippen MR) is 88.1 cm³/mol. The Balaban J connectivity index is 1.76. The Morgan fingerprint density at radius 3 is 3.09 bits per heavy atom. The monoisotopic (exact) mass is 364 g/mol. The second-order valence-electron chi connectivity index (χ2n) is 5.32. The smallest absolute Gasteiger partial charge is 0.293 e. The Kier molecular flexibility index (Phi) is 4.37. The van der Waals surface area contributed by atoms with Gasteiger partial charge in [-0.3, -0.25) is 4.79 Å². The quantitative estimate of drug-likeness (QED) is 0.887. The number of anilines is 2. The van der Waals surface area contributed by atoms with Crippen molar-refractivity contribution in [3.05, 3.63) is 39.7 Å². The van der Waals surface area contributed by atoms with Crippen LogP contribution in [0.15, 0.2) is 34.2 Å². The summed E-state index contributed by atoms with van der Waals surface area (Å²) in [6, 6.07) is 0.215. The number of hydrogen-bond acceptors (Lipinski definition) is 6. The first kappa shape index (κ1) is 15.0. The summed E-state index contributed by atoms with van der Waals surface area (Å²) in [7, 11) is 1.74. The summed E-state index contributed by atoms with van der Waals surface area (Å²) in [4.78, 5) is 26.7. The molecule has 8 heteroatoms. The molecular formula is C14H17BrN6O. The van der Waals surface area contributed by atoms with Gasteiger partial charge in [0.15, 0.2) is 5.82 Å². The zero-order valence-corrected chi connectivity index (χ0v) is 13.8. The van der Waals surface area contributed by atoms with Crippen molar-refractivity contribution in [3.63, 3.8) is 0 Å². The Labute approximate surface area is 136 Å². The van der Waals surface area contributed by atoms with E-state index in [0.29, 0.717) is 5.82 Å². The largest absolute Gasteiger partial charge is 0.365 e.